The fourth-order valence-electron chi connectivity index (χ4n) is 2.01. The molecular formula is C16H15ClN2O2. The normalized spacial score (nSPS) is 11.0. The van der Waals surface area contributed by atoms with Gasteiger partial charge in [-0.05, 0) is 26.8 Å². The molecule has 0 fully saturated rings. The quantitative estimate of drug-likeness (QED) is 0.639. The average Bonchev–Trinajstić information content (AvgIpc) is 2.82. The predicted molar refractivity (Wildman–Crippen MR) is 83.1 cm³/mol. The Bertz CT molecular complexity index is 713. The van der Waals surface area contributed by atoms with E-state index >= 15 is 0 Å². The van der Waals surface area contributed by atoms with Crippen molar-refractivity contribution < 1.29 is 9.32 Å². The number of aryl methyl sites for hydroxylation is 1. The Morgan fingerprint density at radius 3 is 2.67 bits per heavy atom. The molecule has 0 saturated heterocycles. The van der Waals surface area contributed by atoms with Crippen LogP contribution in [0.5, 0.6) is 0 Å². The molecule has 2 rings (SSSR count). The molecule has 0 bridgehead atoms. The zero-order valence-corrected chi connectivity index (χ0v) is 12.8. The lowest BCUT2D eigenvalue weighted by atomic mass is 10.0. The number of benzene rings is 1. The first-order valence-electron chi connectivity index (χ1n) is 6.36. The lowest BCUT2D eigenvalue weighted by molar-refractivity contribution is -0.108. The maximum absolute atomic E-state index is 11.6. The second-order valence-electron chi connectivity index (χ2n) is 5.09. The van der Waals surface area contributed by atoms with E-state index in [0.717, 1.165) is 0 Å². The van der Waals surface area contributed by atoms with E-state index in [4.69, 9.17) is 22.5 Å². The number of carbonyl (C=O) groups excluding carboxylic acids is 1. The number of hydrogen-bond donors (Lipinski definition) is 0. The molecule has 0 atom stereocenters. The van der Waals surface area contributed by atoms with E-state index in [1.165, 1.54) is 4.90 Å². The van der Waals surface area contributed by atoms with Crippen LogP contribution in [0.1, 0.15) is 19.6 Å². The Hall–Kier alpha value is -2.25. The number of hydrogen-bond acceptors (Lipinski definition) is 3. The summed E-state index contributed by atoms with van der Waals surface area (Å²) in [6.45, 7) is 5.26. The molecule has 5 heteroatoms. The van der Waals surface area contributed by atoms with Crippen LogP contribution in [-0.4, -0.2) is 17.1 Å². The number of nitrogens with zero attached hydrogens (tertiary/aromatic N) is 2. The molecular weight excluding hydrogens is 288 g/mol. The van der Waals surface area contributed by atoms with E-state index in [2.05, 4.69) is 11.1 Å². The Morgan fingerprint density at radius 1 is 1.43 bits per heavy atom. The zero-order chi connectivity index (χ0) is 15.6. The van der Waals surface area contributed by atoms with Crippen molar-refractivity contribution in [2.45, 2.75) is 26.3 Å². The molecule has 1 aromatic carbocycles. The fraction of sp³-hybridized carbons (Fsp3) is 0.250. The van der Waals surface area contributed by atoms with Crippen LogP contribution in [0.4, 0.5) is 5.69 Å². The summed E-state index contributed by atoms with van der Waals surface area (Å²) in [7, 11) is 0. The smallest absolute Gasteiger partial charge is 0.215 e. The second kappa shape index (κ2) is 5.63. The first-order chi connectivity index (χ1) is 9.92. The summed E-state index contributed by atoms with van der Waals surface area (Å²) in [6, 6.07) is 7.23. The van der Waals surface area contributed by atoms with Crippen LogP contribution in [0.15, 0.2) is 28.8 Å². The molecule has 0 aliphatic carbocycles. The molecule has 4 nitrogen and oxygen atoms in total. The van der Waals surface area contributed by atoms with E-state index < -0.39 is 5.54 Å². The highest BCUT2D eigenvalue weighted by molar-refractivity contribution is 6.33. The lowest BCUT2D eigenvalue weighted by Crippen LogP contribution is -2.42. The molecule has 1 amide bonds. The third-order valence-corrected chi connectivity index (χ3v) is 3.59. The maximum atomic E-state index is 11.6. The van der Waals surface area contributed by atoms with Gasteiger partial charge in [-0.1, -0.05) is 40.9 Å². The van der Waals surface area contributed by atoms with Crippen LogP contribution in [0, 0.1) is 19.3 Å². The van der Waals surface area contributed by atoms with Gasteiger partial charge in [-0.2, -0.15) is 0 Å². The molecule has 0 unspecified atom stereocenters. The van der Waals surface area contributed by atoms with Gasteiger partial charge in [0, 0.05) is 5.56 Å². The van der Waals surface area contributed by atoms with Crippen LogP contribution in [0.3, 0.4) is 0 Å². The van der Waals surface area contributed by atoms with Gasteiger partial charge in [0.25, 0.3) is 0 Å². The van der Waals surface area contributed by atoms with E-state index in [-0.39, 0.29) is 0 Å². The van der Waals surface area contributed by atoms with Gasteiger partial charge in [-0.15, -0.1) is 6.42 Å². The highest BCUT2D eigenvalue weighted by atomic mass is 35.5. The molecule has 21 heavy (non-hydrogen) atoms. The van der Waals surface area contributed by atoms with E-state index in [1.54, 1.807) is 26.8 Å². The van der Waals surface area contributed by atoms with Gasteiger partial charge in [-0.3, -0.25) is 9.69 Å². The summed E-state index contributed by atoms with van der Waals surface area (Å²) in [5.41, 5.74) is 0.897. The topological polar surface area (TPSA) is 46.3 Å². The van der Waals surface area contributed by atoms with Gasteiger partial charge < -0.3 is 4.52 Å². The fourth-order valence-corrected chi connectivity index (χ4v) is 2.24. The minimum absolute atomic E-state index is 0.494. The summed E-state index contributed by atoms with van der Waals surface area (Å²) >= 11 is 6.21. The monoisotopic (exact) mass is 302 g/mol. The molecule has 0 aliphatic heterocycles. The Kier molecular flexibility index (Phi) is 4.06. The summed E-state index contributed by atoms with van der Waals surface area (Å²) < 4.78 is 5.25. The highest BCUT2D eigenvalue weighted by Gasteiger charge is 2.31. The summed E-state index contributed by atoms with van der Waals surface area (Å²) in [5.74, 6) is 3.09. The summed E-state index contributed by atoms with van der Waals surface area (Å²) in [4.78, 5) is 13.0. The zero-order valence-electron chi connectivity index (χ0n) is 12.1. The minimum atomic E-state index is -0.811. The van der Waals surface area contributed by atoms with Crippen molar-refractivity contribution in [3.05, 3.63) is 35.0 Å². The van der Waals surface area contributed by atoms with Gasteiger partial charge in [0.05, 0.1) is 5.02 Å². The number of amides is 1. The molecule has 1 aromatic heterocycles. The lowest BCUT2D eigenvalue weighted by Gasteiger charge is -2.30. The number of aromatic nitrogens is 1. The van der Waals surface area contributed by atoms with Crippen molar-refractivity contribution >= 4 is 23.7 Å². The van der Waals surface area contributed by atoms with Crippen LogP contribution < -0.4 is 4.90 Å². The molecule has 0 saturated carbocycles. The SMILES string of the molecule is C#CC(C)(C)N(C=O)c1c(-c2ccccc2Cl)noc1C. The van der Waals surface area contributed by atoms with Crippen LogP contribution in [0.25, 0.3) is 11.3 Å². The molecule has 0 radical (unpaired) electrons. The van der Waals surface area contributed by atoms with Crippen molar-refractivity contribution in [1.29, 1.82) is 0 Å². The number of rotatable bonds is 4. The van der Waals surface area contributed by atoms with Crippen molar-refractivity contribution in [3.63, 3.8) is 0 Å². The standard InChI is InChI=1S/C16H15ClN2O2/c1-5-16(3,4)19(10-20)15-11(2)21-18-14(15)12-8-6-7-9-13(12)17/h1,6-10H,2-4H3. The molecule has 0 N–H and O–H groups in total. The first-order valence-corrected chi connectivity index (χ1v) is 6.73. The van der Waals surface area contributed by atoms with Crippen LogP contribution in [0.2, 0.25) is 5.02 Å². The van der Waals surface area contributed by atoms with Crippen LogP contribution >= 0.6 is 11.6 Å². The minimum Gasteiger partial charge on any atom is -0.359 e. The van der Waals surface area contributed by atoms with Crippen molar-refractivity contribution in [2.24, 2.45) is 0 Å². The van der Waals surface area contributed by atoms with Gasteiger partial charge in [0.15, 0.2) is 5.76 Å². The first kappa shape index (κ1) is 15.1. The van der Waals surface area contributed by atoms with Gasteiger partial charge >= 0.3 is 0 Å². The number of halogens is 1. The van der Waals surface area contributed by atoms with Gasteiger partial charge in [0.2, 0.25) is 6.41 Å². The molecule has 108 valence electrons. The number of terminal acetylenes is 1. The summed E-state index contributed by atoms with van der Waals surface area (Å²) in [5, 5.41) is 4.56. The predicted octanol–water partition coefficient (Wildman–Crippen LogP) is 3.68. The average molecular weight is 303 g/mol. The molecule has 0 aliphatic rings. The van der Waals surface area contributed by atoms with Gasteiger partial charge in [-0.25, -0.2) is 0 Å². The van der Waals surface area contributed by atoms with Crippen molar-refractivity contribution in [1.82, 2.24) is 5.16 Å². The Labute approximate surface area is 128 Å². The van der Waals surface area contributed by atoms with Gasteiger partial charge in [0.1, 0.15) is 16.9 Å². The third-order valence-electron chi connectivity index (χ3n) is 3.26. The number of carbonyl (C=O) groups is 1. The molecule has 1 heterocycles. The molecule has 0 spiro atoms. The summed E-state index contributed by atoms with van der Waals surface area (Å²) in [6.07, 6.45) is 6.21. The Morgan fingerprint density at radius 2 is 2.10 bits per heavy atom. The maximum Gasteiger partial charge on any atom is 0.215 e. The van der Waals surface area contributed by atoms with E-state index in [9.17, 15) is 4.79 Å². The largest absolute Gasteiger partial charge is 0.359 e. The number of anilines is 1. The highest BCUT2D eigenvalue weighted by Crippen LogP contribution is 2.38. The molecule has 2 aromatic rings. The van der Waals surface area contributed by atoms with Crippen molar-refractivity contribution in [3.8, 4) is 23.6 Å². The van der Waals surface area contributed by atoms with Crippen molar-refractivity contribution in [2.75, 3.05) is 4.90 Å². The third kappa shape index (κ3) is 2.65. The van der Waals surface area contributed by atoms with E-state index in [1.807, 2.05) is 18.2 Å². The van der Waals surface area contributed by atoms with Crippen LogP contribution in [-0.2, 0) is 4.79 Å². The second-order valence-corrected chi connectivity index (χ2v) is 5.50. The van der Waals surface area contributed by atoms with E-state index in [0.29, 0.717) is 34.1 Å². The Balaban J connectivity index is 2.67.